The lowest BCUT2D eigenvalue weighted by molar-refractivity contribution is -0.146. The maximum Gasteiger partial charge on any atom is 0.408 e. The predicted molar refractivity (Wildman–Crippen MR) is 99.4 cm³/mol. The molecule has 1 fully saturated rings. The number of rotatable bonds is 6. The van der Waals surface area contributed by atoms with E-state index in [1.165, 1.54) is 6.92 Å². The third-order valence-electron chi connectivity index (χ3n) is 4.33. The second-order valence-corrected chi connectivity index (χ2v) is 8.03. The molecule has 1 aliphatic rings. The smallest absolute Gasteiger partial charge is 0.408 e. The average molecular weight is 401 g/mol. The zero-order valence-electron chi connectivity index (χ0n) is 17.0. The molecule has 0 aromatic heterocycles. The highest BCUT2D eigenvalue weighted by atomic mass is 16.6. The number of carboxylic acid groups (broad SMARTS) is 1. The van der Waals surface area contributed by atoms with Crippen molar-refractivity contribution in [1.82, 2.24) is 15.5 Å². The van der Waals surface area contributed by atoms with Crippen molar-refractivity contribution in [2.75, 3.05) is 13.1 Å². The molecule has 28 heavy (non-hydrogen) atoms. The van der Waals surface area contributed by atoms with Crippen LogP contribution in [0.15, 0.2) is 0 Å². The lowest BCUT2D eigenvalue weighted by Gasteiger charge is -2.33. The summed E-state index contributed by atoms with van der Waals surface area (Å²) in [6, 6.07) is -2.14. The molecule has 1 rings (SSSR count). The van der Waals surface area contributed by atoms with Crippen LogP contribution in [-0.2, 0) is 19.1 Å². The molecule has 0 radical (unpaired) electrons. The number of alkyl carbamates (subject to hydrolysis) is 1. The highest BCUT2D eigenvalue weighted by Gasteiger charge is 2.33. The van der Waals surface area contributed by atoms with Crippen molar-refractivity contribution in [3.8, 4) is 0 Å². The second kappa shape index (κ2) is 9.72. The third kappa shape index (κ3) is 7.34. The van der Waals surface area contributed by atoms with Crippen molar-refractivity contribution in [2.24, 2.45) is 5.92 Å². The first-order chi connectivity index (χ1) is 12.8. The Labute approximate surface area is 164 Å². The van der Waals surface area contributed by atoms with E-state index in [4.69, 9.17) is 9.84 Å². The van der Waals surface area contributed by atoms with Crippen molar-refractivity contribution < 1.29 is 34.1 Å². The number of aliphatic hydroxyl groups excluding tert-OH is 1. The number of ether oxygens (including phenoxy) is 1. The van der Waals surface area contributed by atoms with Gasteiger partial charge in [0.15, 0.2) is 6.04 Å². The van der Waals surface area contributed by atoms with E-state index in [0.29, 0.717) is 25.9 Å². The Morgan fingerprint density at radius 2 is 1.61 bits per heavy atom. The van der Waals surface area contributed by atoms with Gasteiger partial charge in [0.05, 0.1) is 6.10 Å². The minimum Gasteiger partial charge on any atom is -0.480 e. The van der Waals surface area contributed by atoms with Gasteiger partial charge in [-0.15, -0.1) is 0 Å². The summed E-state index contributed by atoms with van der Waals surface area (Å²) in [6.07, 6.45) is -1.17. The van der Waals surface area contributed by atoms with Gasteiger partial charge in [0.25, 0.3) is 0 Å². The predicted octanol–water partition coefficient (Wildman–Crippen LogP) is 0.0884. The van der Waals surface area contributed by atoms with Crippen LogP contribution in [0.2, 0.25) is 0 Å². The molecule has 0 aromatic carbocycles. The second-order valence-electron chi connectivity index (χ2n) is 8.03. The molecule has 1 aliphatic heterocycles. The number of piperidine rings is 1. The first kappa shape index (κ1) is 23.7. The summed E-state index contributed by atoms with van der Waals surface area (Å²) < 4.78 is 5.13. The fourth-order valence-electron chi connectivity index (χ4n) is 2.84. The fraction of sp³-hybridized carbons (Fsp3) is 0.778. The monoisotopic (exact) mass is 401 g/mol. The van der Waals surface area contributed by atoms with Gasteiger partial charge in [-0.05, 0) is 47.5 Å². The standard InChI is InChI=1S/C18H31N3O7/c1-10(19-17(27)28-18(3,4)5)15(24)21-8-6-12(7-9-21)14(23)20-13(11(2)22)16(25)26/h10-13,22H,6-9H2,1-5H3,(H,19,27)(H,20,23)(H,25,26)/t10-,11?,13-/m0/s1. The molecule has 0 bridgehead atoms. The van der Waals surface area contributed by atoms with Crippen LogP contribution in [0.5, 0.6) is 0 Å². The van der Waals surface area contributed by atoms with Gasteiger partial charge in [-0.2, -0.15) is 0 Å². The molecule has 10 nitrogen and oxygen atoms in total. The number of nitrogens with one attached hydrogen (secondary N) is 2. The van der Waals surface area contributed by atoms with Gasteiger partial charge in [-0.25, -0.2) is 9.59 Å². The molecule has 3 amide bonds. The summed E-state index contributed by atoms with van der Waals surface area (Å²) in [5, 5.41) is 23.3. The quantitative estimate of drug-likeness (QED) is 0.493. The van der Waals surface area contributed by atoms with E-state index in [0.717, 1.165) is 0 Å². The topological polar surface area (TPSA) is 145 Å². The summed E-state index contributed by atoms with van der Waals surface area (Å²) in [7, 11) is 0. The molecule has 160 valence electrons. The molecule has 1 heterocycles. The first-order valence-corrected chi connectivity index (χ1v) is 9.31. The summed E-state index contributed by atoms with van der Waals surface area (Å²) in [6.45, 7) is 8.64. The summed E-state index contributed by atoms with van der Waals surface area (Å²) in [5.41, 5.74) is -0.668. The van der Waals surface area contributed by atoms with E-state index >= 15 is 0 Å². The van der Waals surface area contributed by atoms with Gasteiger partial charge < -0.3 is 30.5 Å². The van der Waals surface area contributed by atoms with E-state index in [1.807, 2.05) is 0 Å². The Hall–Kier alpha value is -2.36. The van der Waals surface area contributed by atoms with Crippen molar-refractivity contribution >= 4 is 23.9 Å². The van der Waals surface area contributed by atoms with Crippen LogP contribution in [0.4, 0.5) is 4.79 Å². The van der Waals surface area contributed by atoms with E-state index in [2.05, 4.69) is 10.6 Å². The number of carbonyl (C=O) groups is 4. The number of hydrogen-bond acceptors (Lipinski definition) is 6. The molecular formula is C18H31N3O7. The number of aliphatic hydroxyl groups is 1. The van der Waals surface area contributed by atoms with Gasteiger partial charge in [-0.3, -0.25) is 9.59 Å². The van der Waals surface area contributed by atoms with Crippen LogP contribution in [0, 0.1) is 5.92 Å². The molecule has 1 unspecified atom stereocenters. The van der Waals surface area contributed by atoms with E-state index in [9.17, 15) is 24.3 Å². The number of carbonyl (C=O) groups excluding carboxylic acids is 3. The minimum absolute atomic E-state index is 0.280. The molecule has 0 spiro atoms. The zero-order chi connectivity index (χ0) is 21.6. The minimum atomic E-state index is -1.37. The number of carboxylic acids is 1. The van der Waals surface area contributed by atoms with E-state index in [-0.39, 0.29) is 5.91 Å². The maximum absolute atomic E-state index is 12.5. The van der Waals surface area contributed by atoms with Crippen LogP contribution in [-0.4, -0.2) is 75.9 Å². The van der Waals surface area contributed by atoms with Gasteiger partial charge in [-0.1, -0.05) is 0 Å². The molecule has 4 N–H and O–H groups in total. The van der Waals surface area contributed by atoms with Crippen molar-refractivity contribution in [3.63, 3.8) is 0 Å². The Morgan fingerprint density at radius 1 is 1.07 bits per heavy atom. The molecule has 3 atom stereocenters. The van der Waals surface area contributed by atoms with E-state index in [1.54, 1.807) is 32.6 Å². The third-order valence-corrected chi connectivity index (χ3v) is 4.33. The molecule has 1 saturated heterocycles. The lowest BCUT2D eigenvalue weighted by atomic mass is 9.95. The number of nitrogens with zero attached hydrogens (tertiary/aromatic N) is 1. The van der Waals surface area contributed by atoms with Crippen molar-refractivity contribution in [3.05, 3.63) is 0 Å². The zero-order valence-corrected chi connectivity index (χ0v) is 17.0. The van der Waals surface area contributed by atoms with Crippen molar-refractivity contribution in [2.45, 2.75) is 71.2 Å². The normalized spacial score (nSPS) is 18.6. The van der Waals surface area contributed by atoms with Crippen LogP contribution in [0.25, 0.3) is 0 Å². The largest absolute Gasteiger partial charge is 0.480 e. The average Bonchev–Trinajstić information content (AvgIpc) is 2.56. The number of amides is 3. The van der Waals surface area contributed by atoms with Gasteiger partial charge in [0.1, 0.15) is 11.6 Å². The highest BCUT2D eigenvalue weighted by Crippen LogP contribution is 2.18. The summed E-state index contributed by atoms with van der Waals surface area (Å²) >= 11 is 0. The van der Waals surface area contributed by atoms with Crippen LogP contribution in [0.3, 0.4) is 0 Å². The molecule has 0 aromatic rings. The lowest BCUT2D eigenvalue weighted by Crippen LogP contribution is -2.53. The van der Waals surface area contributed by atoms with Gasteiger partial charge in [0.2, 0.25) is 11.8 Å². The Morgan fingerprint density at radius 3 is 2.04 bits per heavy atom. The van der Waals surface area contributed by atoms with Crippen LogP contribution in [0.1, 0.15) is 47.5 Å². The molecule has 0 saturated carbocycles. The molecule has 0 aliphatic carbocycles. The first-order valence-electron chi connectivity index (χ1n) is 9.31. The number of hydrogen-bond donors (Lipinski definition) is 4. The van der Waals surface area contributed by atoms with Gasteiger partial charge >= 0.3 is 12.1 Å². The van der Waals surface area contributed by atoms with Gasteiger partial charge in [0, 0.05) is 19.0 Å². The highest BCUT2D eigenvalue weighted by molar-refractivity contribution is 5.87. The van der Waals surface area contributed by atoms with E-state index < -0.39 is 47.7 Å². The SMILES string of the molecule is CC(O)[C@H](NC(=O)C1CCN(C(=O)[C@H](C)NC(=O)OC(C)(C)C)CC1)C(=O)O. The number of aliphatic carboxylic acids is 1. The maximum atomic E-state index is 12.5. The van der Waals surface area contributed by atoms with Crippen molar-refractivity contribution in [1.29, 1.82) is 0 Å². The van der Waals surface area contributed by atoms with Crippen LogP contribution >= 0.6 is 0 Å². The number of likely N-dealkylation sites (tertiary alicyclic amines) is 1. The Bertz CT molecular complexity index is 592. The van der Waals surface area contributed by atoms with Crippen LogP contribution < -0.4 is 10.6 Å². The Kier molecular flexibility index (Phi) is 8.22. The fourth-order valence-corrected chi connectivity index (χ4v) is 2.84. The molecule has 10 heteroatoms. The molecular weight excluding hydrogens is 370 g/mol. The Balaban J connectivity index is 2.52. The summed E-state index contributed by atoms with van der Waals surface area (Å²) in [5.74, 6) is -2.49. The summed E-state index contributed by atoms with van der Waals surface area (Å²) in [4.78, 5) is 49.1.